The van der Waals surface area contributed by atoms with E-state index < -0.39 is 0 Å². The zero-order chi connectivity index (χ0) is 18.1. The van der Waals surface area contributed by atoms with Crippen LogP contribution in [0.3, 0.4) is 0 Å². The molecule has 1 spiro atoms. The van der Waals surface area contributed by atoms with Gasteiger partial charge in [0, 0.05) is 37.1 Å². The fraction of sp³-hybridized carbons (Fsp3) is 0.905. The average molecular weight is 363 g/mol. The molecule has 1 N–H and O–H groups in total. The summed E-state index contributed by atoms with van der Waals surface area (Å²) in [6, 6.07) is 0.620. The molecule has 1 aliphatic heterocycles. The molecule has 5 nitrogen and oxygen atoms in total. The first-order chi connectivity index (χ1) is 12.6. The summed E-state index contributed by atoms with van der Waals surface area (Å²) in [7, 11) is 0. The van der Waals surface area contributed by atoms with Gasteiger partial charge < -0.3 is 15.0 Å². The van der Waals surface area contributed by atoms with Crippen LogP contribution in [0.15, 0.2) is 0 Å². The molecule has 146 valence electrons. The lowest BCUT2D eigenvalue weighted by Crippen LogP contribution is -2.68. The molecule has 26 heavy (non-hydrogen) atoms. The van der Waals surface area contributed by atoms with Gasteiger partial charge in [0.05, 0.1) is 12.0 Å². The van der Waals surface area contributed by atoms with Crippen LogP contribution in [0.5, 0.6) is 0 Å². The van der Waals surface area contributed by atoms with Gasteiger partial charge in [-0.25, -0.2) is 0 Å². The normalized spacial score (nSPS) is 34.3. The first-order valence-electron chi connectivity index (χ1n) is 10.9. The highest BCUT2D eigenvalue weighted by Gasteiger charge is 2.59. The monoisotopic (exact) mass is 362 g/mol. The van der Waals surface area contributed by atoms with Crippen molar-refractivity contribution in [1.29, 1.82) is 0 Å². The number of hydrogen-bond acceptors (Lipinski definition) is 3. The molecular formula is C21H34N2O3. The van der Waals surface area contributed by atoms with Crippen LogP contribution in [0.1, 0.15) is 77.6 Å². The molecule has 3 atom stereocenters. The molecule has 4 rings (SSSR count). The molecule has 0 radical (unpaired) electrons. The summed E-state index contributed by atoms with van der Waals surface area (Å²) in [5, 5.41) is 3.30. The lowest BCUT2D eigenvalue weighted by Gasteiger charge is -2.61. The van der Waals surface area contributed by atoms with Crippen LogP contribution in [0, 0.1) is 11.3 Å². The van der Waals surface area contributed by atoms with Crippen LogP contribution in [0.2, 0.25) is 0 Å². The number of nitrogens with zero attached hydrogens (tertiary/aromatic N) is 1. The molecule has 0 unspecified atom stereocenters. The lowest BCUT2D eigenvalue weighted by molar-refractivity contribution is -0.176. The Bertz CT molecular complexity index is 537. The van der Waals surface area contributed by atoms with Gasteiger partial charge in [0.25, 0.3) is 0 Å². The molecule has 1 heterocycles. The minimum atomic E-state index is -0.158. The van der Waals surface area contributed by atoms with Crippen molar-refractivity contribution < 1.29 is 14.3 Å². The molecule has 5 heteroatoms. The Hall–Kier alpha value is -1.10. The van der Waals surface area contributed by atoms with Crippen molar-refractivity contribution in [3.8, 4) is 0 Å². The third-order valence-corrected chi connectivity index (χ3v) is 7.55. The predicted molar refractivity (Wildman–Crippen MR) is 99.6 cm³/mol. The van der Waals surface area contributed by atoms with Crippen LogP contribution in [0.25, 0.3) is 0 Å². The molecular weight excluding hydrogens is 328 g/mol. The lowest BCUT2D eigenvalue weighted by atomic mass is 9.51. The summed E-state index contributed by atoms with van der Waals surface area (Å²) in [6.07, 6.45) is 12.5. The summed E-state index contributed by atoms with van der Waals surface area (Å²) >= 11 is 0. The largest absolute Gasteiger partial charge is 0.378 e. The number of amides is 2. The van der Waals surface area contributed by atoms with E-state index in [4.69, 9.17) is 4.74 Å². The van der Waals surface area contributed by atoms with Crippen molar-refractivity contribution in [2.45, 2.75) is 95.7 Å². The Morgan fingerprint density at radius 1 is 1.19 bits per heavy atom. The number of carbonyl (C=O) groups is 2. The SMILES string of the molecule is CCO[C@@H]1C[C@@H](NC(=O)[C@H]2CC(=O)N(C3CCCCCC3)C2)C12CCC2. The first-order valence-corrected chi connectivity index (χ1v) is 10.9. The zero-order valence-electron chi connectivity index (χ0n) is 16.2. The second kappa shape index (κ2) is 7.49. The number of ether oxygens (including phenoxy) is 1. The standard InChI is InChI=1S/C21H34N2O3/c1-2-26-18-13-17(21(18)10-7-11-21)22-20(25)15-12-19(24)23(14-15)16-8-5-3-4-6-9-16/h15-18H,2-14H2,1H3,(H,22,25)/t15-,17+,18+/m0/s1. The van der Waals surface area contributed by atoms with Gasteiger partial charge in [0.15, 0.2) is 0 Å². The van der Waals surface area contributed by atoms with Crippen molar-refractivity contribution in [3.63, 3.8) is 0 Å². The zero-order valence-corrected chi connectivity index (χ0v) is 16.2. The molecule has 0 aromatic heterocycles. The highest BCUT2D eigenvalue weighted by atomic mass is 16.5. The smallest absolute Gasteiger partial charge is 0.225 e. The van der Waals surface area contributed by atoms with Crippen molar-refractivity contribution in [1.82, 2.24) is 10.2 Å². The molecule has 3 saturated carbocycles. The van der Waals surface area contributed by atoms with Gasteiger partial charge in [0.1, 0.15) is 0 Å². The molecule has 0 aromatic carbocycles. The molecule has 3 aliphatic carbocycles. The maximum Gasteiger partial charge on any atom is 0.225 e. The summed E-state index contributed by atoms with van der Waals surface area (Å²) in [6.45, 7) is 3.43. The van der Waals surface area contributed by atoms with Gasteiger partial charge >= 0.3 is 0 Å². The maximum absolute atomic E-state index is 12.9. The quantitative estimate of drug-likeness (QED) is 0.765. The van der Waals surface area contributed by atoms with E-state index in [1.807, 2.05) is 11.8 Å². The van der Waals surface area contributed by atoms with E-state index in [-0.39, 0.29) is 29.2 Å². The minimum Gasteiger partial charge on any atom is -0.378 e. The Morgan fingerprint density at radius 2 is 1.92 bits per heavy atom. The number of likely N-dealkylation sites (tertiary alicyclic amines) is 1. The fourth-order valence-corrected chi connectivity index (χ4v) is 5.76. The second-order valence-electron chi connectivity index (χ2n) is 8.92. The number of carbonyl (C=O) groups excluding carboxylic acids is 2. The summed E-state index contributed by atoms with van der Waals surface area (Å²) in [4.78, 5) is 27.4. The topological polar surface area (TPSA) is 58.6 Å². The molecule has 2 amide bonds. The van der Waals surface area contributed by atoms with E-state index in [1.165, 1.54) is 44.9 Å². The Labute approximate surface area is 157 Å². The Morgan fingerprint density at radius 3 is 2.54 bits per heavy atom. The van der Waals surface area contributed by atoms with Crippen LogP contribution >= 0.6 is 0 Å². The summed E-state index contributed by atoms with van der Waals surface area (Å²) in [5.41, 5.74) is 0.190. The summed E-state index contributed by atoms with van der Waals surface area (Å²) < 4.78 is 5.88. The van der Waals surface area contributed by atoms with E-state index in [1.54, 1.807) is 0 Å². The third kappa shape index (κ3) is 3.17. The van der Waals surface area contributed by atoms with E-state index in [9.17, 15) is 9.59 Å². The highest BCUT2D eigenvalue weighted by molar-refractivity contribution is 5.89. The highest BCUT2D eigenvalue weighted by Crippen LogP contribution is 2.57. The number of hydrogen-bond donors (Lipinski definition) is 1. The average Bonchev–Trinajstić information content (AvgIpc) is 2.78. The number of rotatable bonds is 5. The van der Waals surface area contributed by atoms with Gasteiger partial charge in [0.2, 0.25) is 11.8 Å². The van der Waals surface area contributed by atoms with Crippen LogP contribution in [-0.2, 0) is 14.3 Å². The van der Waals surface area contributed by atoms with Crippen molar-refractivity contribution in [3.05, 3.63) is 0 Å². The third-order valence-electron chi connectivity index (χ3n) is 7.55. The predicted octanol–water partition coefficient (Wildman–Crippen LogP) is 3.02. The maximum atomic E-state index is 12.9. The van der Waals surface area contributed by atoms with Crippen LogP contribution < -0.4 is 5.32 Å². The molecule has 4 aliphatic rings. The van der Waals surface area contributed by atoms with Crippen LogP contribution in [-0.4, -0.2) is 48.1 Å². The van der Waals surface area contributed by atoms with Gasteiger partial charge in [-0.2, -0.15) is 0 Å². The molecule has 0 aromatic rings. The molecule has 4 fully saturated rings. The van der Waals surface area contributed by atoms with Crippen LogP contribution in [0.4, 0.5) is 0 Å². The van der Waals surface area contributed by atoms with E-state index in [0.29, 0.717) is 25.1 Å². The first kappa shape index (κ1) is 18.3. The fourth-order valence-electron chi connectivity index (χ4n) is 5.76. The van der Waals surface area contributed by atoms with Gasteiger partial charge in [-0.05, 0) is 39.0 Å². The van der Waals surface area contributed by atoms with Gasteiger partial charge in [-0.3, -0.25) is 9.59 Å². The van der Waals surface area contributed by atoms with Gasteiger partial charge in [-0.15, -0.1) is 0 Å². The van der Waals surface area contributed by atoms with Crippen molar-refractivity contribution in [2.24, 2.45) is 11.3 Å². The Balaban J connectivity index is 1.32. The van der Waals surface area contributed by atoms with Gasteiger partial charge in [-0.1, -0.05) is 32.1 Å². The number of nitrogens with one attached hydrogen (secondary N) is 1. The van der Waals surface area contributed by atoms with Crippen molar-refractivity contribution >= 4 is 11.8 Å². The Kier molecular flexibility index (Phi) is 5.27. The minimum absolute atomic E-state index is 0.0979. The van der Waals surface area contributed by atoms with E-state index in [0.717, 1.165) is 25.9 Å². The van der Waals surface area contributed by atoms with E-state index in [2.05, 4.69) is 5.32 Å². The molecule has 0 bridgehead atoms. The second-order valence-corrected chi connectivity index (χ2v) is 8.92. The van der Waals surface area contributed by atoms with Crippen molar-refractivity contribution in [2.75, 3.05) is 13.2 Å². The summed E-state index contributed by atoms with van der Waals surface area (Å²) in [5.74, 6) is 0.130. The van der Waals surface area contributed by atoms with E-state index >= 15 is 0 Å². The molecule has 1 saturated heterocycles.